The molecule has 0 aliphatic heterocycles. The second kappa shape index (κ2) is 5.56. The molecule has 0 radical (unpaired) electrons. The summed E-state index contributed by atoms with van der Waals surface area (Å²) in [6.07, 6.45) is 6.47. The number of aromatic nitrogens is 2. The second-order valence-electron chi connectivity index (χ2n) is 3.10. The van der Waals surface area contributed by atoms with E-state index >= 15 is 0 Å². The van der Waals surface area contributed by atoms with Gasteiger partial charge in [-0.05, 0) is 25.2 Å². The summed E-state index contributed by atoms with van der Waals surface area (Å²) in [6, 6.07) is 3.50. The van der Waals surface area contributed by atoms with E-state index < -0.39 is 0 Å². The Morgan fingerprint density at radius 3 is 3.00 bits per heavy atom. The van der Waals surface area contributed by atoms with Crippen LogP contribution in [-0.4, -0.2) is 9.78 Å². The fraction of sp³-hybridized carbons (Fsp3) is 0.167. The van der Waals surface area contributed by atoms with E-state index in [0.29, 0.717) is 17.8 Å². The first-order valence-electron chi connectivity index (χ1n) is 4.92. The van der Waals surface area contributed by atoms with Crippen LogP contribution in [0, 0.1) is 11.3 Å². The van der Waals surface area contributed by atoms with Crippen molar-refractivity contribution in [3.63, 3.8) is 0 Å². The van der Waals surface area contributed by atoms with Gasteiger partial charge >= 0.3 is 0 Å². The summed E-state index contributed by atoms with van der Waals surface area (Å²) in [5.74, 6) is 0. The van der Waals surface area contributed by atoms with Gasteiger partial charge in [-0.2, -0.15) is 5.26 Å². The molecule has 16 heavy (non-hydrogen) atoms. The highest BCUT2D eigenvalue weighted by molar-refractivity contribution is 5.52. The predicted molar refractivity (Wildman–Crippen MR) is 63.7 cm³/mol. The van der Waals surface area contributed by atoms with Crippen LogP contribution in [0.3, 0.4) is 0 Å². The van der Waals surface area contributed by atoms with Gasteiger partial charge in [0, 0.05) is 12.6 Å². The van der Waals surface area contributed by atoms with Gasteiger partial charge in [-0.25, -0.2) is 0 Å². The van der Waals surface area contributed by atoms with E-state index in [1.807, 2.05) is 13.0 Å². The predicted octanol–water partition coefficient (Wildman–Crippen LogP) is 1.85. The minimum absolute atomic E-state index is 0.0756. The molecule has 1 aromatic heterocycles. The molecule has 0 aliphatic rings. The van der Waals surface area contributed by atoms with Crippen LogP contribution < -0.4 is 5.56 Å². The van der Waals surface area contributed by atoms with Gasteiger partial charge < -0.3 is 0 Å². The number of nitriles is 1. The van der Waals surface area contributed by atoms with Crippen LogP contribution in [0.5, 0.6) is 0 Å². The fourth-order valence-electron chi connectivity index (χ4n) is 1.21. The van der Waals surface area contributed by atoms with Crippen molar-refractivity contribution in [3.05, 3.63) is 52.5 Å². The van der Waals surface area contributed by atoms with Crippen molar-refractivity contribution in [3.8, 4) is 6.07 Å². The number of hydrogen-bond donors (Lipinski definition) is 1. The van der Waals surface area contributed by atoms with Gasteiger partial charge in [-0.1, -0.05) is 12.7 Å². The van der Waals surface area contributed by atoms with Crippen LogP contribution in [0.25, 0.3) is 6.08 Å². The van der Waals surface area contributed by atoms with Crippen molar-refractivity contribution in [1.29, 1.82) is 5.26 Å². The molecule has 0 saturated carbocycles. The minimum Gasteiger partial charge on any atom is -0.296 e. The molecule has 1 N–H and O–H groups in total. The summed E-state index contributed by atoms with van der Waals surface area (Å²) in [5.41, 5.74) is 1.09. The first-order chi connectivity index (χ1) is 7.71. The molecule has 0 aliphatic carbocycles. The zero-order valence-electron chi connectivity index (χ0n) is 9.10. The Kier molecular flexibility index (Phi) is 4.10. The zero-order chi connectivity index (χ0) is 12.0. The third-order valence-electron chi connectivity index (χ3n) is 1.99. The third-order valence-corrected chi connectivity index (χ3v) is 1.99. The largest absolute Gasteiger partial charge is 0.296 e. The molecule has 0 aromatic carbocycles. The van der Waals surface area contributed by atoms with E-state index in [2.05, 4.69) is 11.7 Å². The third kappa shape index (κ3) is 2.85. The van der Waals surface area contributed by atoms with Gasteiger partial charge in [0.05, 0.1) is 17.3 Å². The Labute approximate surface area is 93.8 Å². The number of aryl methyl sites for hydroxylation is 1. The Balaban J connectivity index is 2.92. The molecule has 0 amide bonds. The number of nitrogens with one attached hydrogen (secondary N) is 1. The van der Waals surface area contributed by atoms with Gasteiger partial charge in [0.2, 0.25) is 0 Å². The van der Waals surface area contributed by atoms with Crippen LogP contribution in [0.15, 0.2) is 41.2 Å². The highest BCUT2D eigenvalue weighted by Crippen LogP contribution is 2.00. The number of rotatable bonds is 4. The molecule has 0 bridgehead atoms. The molecule has 0 fully saturated rings. The molecular weight excluding hydrogens is 202 g/mol. The Morgan fingerprint density at radius 1 is 1.75 bits per heavy atom. The summed E-state index contributed by atoms with van der Waals surface area (Å²) in [4.78, 5) is 11.3. The van der Waals surface area contributed by atoms with Crippen molar-refractivity contribution in [2.24, 2.45) is 0 Å². The van der Waals surface area contributed by atoms with Crippen LogP contribution in [0.1, 0.15) is 12.6 Å². The molecule has 0 spiro atoms. The van der Waals surface area contributed by atoms with Gasteiger partial charge in [0.15, 0.2) is 0 Å². The summed E-state index contributed by atoms with van der Waals surface area (Å²) in [7, 11) is 0. The van der Waals surface area contributed by atoms with Crippen LogP contribution in [0.2, 0.25) is 0 Å². The SMILES string of the molecule is C=C/C=C(C#N)\C=C\c1cc(=O)n(CC)[nH]1. The van der Waals surface area contributed by atoms with Crippen molar-refractivity contribution in [1.82, 2.24) is 9.78 Å². The molecule has 1 rings (SSSR count). The number of aromatic amines is 1. The summed E-state index contributed by atoms with van der Waals surface area (Å²) >= 11 is 0. The van der Waals surface area contributed by atoms with E-state index in [1.165, 1.54) is 10.7 Å². The van der Waals surface area contributed by atoms with Crippen molar-refractivity contribution in [2.45, 2.75) is 13.5 Å². The lowest BCUT2D eigenvalue weighted by Gasteiger charge is -1.92. The van der Waals surface area contributed by atoms with E-state index in [4.69, 9.17) is 5.26 Å². The maximum atomic E-state index is 11.3. The topological polar surface area (TPSA) is 61.6 Å². The number of hydrogen-bond acceptors (Lipinski definition) is 2. The Bertz CT molecular complexity index is 523. The monoisotopic (exact) mass is 215 g/mol. The molecule has 0 unspecified atom stereocenters. The number of H-pyrrole nitrogens is 1. The lowest BCUT2D eigenvalue weighted by atomic mass is 10.2. The first kappa shape index (κ1) is 11.8. The maximum absolute atomic E-state index is 11.3. The lowest BCUT2D eigenvalue weighted by Crippen LogP contribution is -2.13. The smallest absolute Gasteiger partial charge is 0.267 e. The number of allylic oxidation sites excluding steroid dienone is 4. The highest BCUT2D eigenvalue weighted by atomic mass is 16.1. The van der Waals surface area contributed by atoms with Gasteiger partial charge in [-0.3, -0.25) is 14.6 Å². The van der Waals surface area contributed by atoms with Crippen molar-refractivity contribution in [2.75, 3.05) is 0 Å². The summed E-state index contributed by atoms with van der Waals surface area (Å²) in [6.45, 7) is 5.99. The standard InChI is InChI=1S/C12H13N3O/c1-3-5-10(9-13)6-7-11-8-12(16)15(4-2)14-11/h3,5-8,14H,1,4H2,2H3/b7-6+,10-5+. The summed E-state index contributed by atoms with van der Waals surface area (Å²) < 4.78 is 1.49. The Morgan fingerprint density at radius 2 is 2.50 bits per heavy atom. The molecule has 0 atom stereocenters. The second-order valence-corrected chi connectivity index (χ2v) is 3.10. The molecule has 82 valence electrons. The summed E-state index contributed by atoms with van der Waals surface area (Å²) in [5, 5.41) is 11.7. The molecule has 1 heterocycles. The molecular formula is C12H13N3O. The average Bonchev–Trinajstić information content (AvgIpc) is 2.65. The van der Waals surface area contributed by atoms with E-state index in [9.17, 15) is 4.79 Å². The normalized spacial score (nSPS) is 11.6. The number of nitrogens with zero attached hydrogens (tertiary/aromatic N) is 2. The average molecular weight is 215 g/mol. The van der Waals surface area contributed by atoms with Crippen LogP contribution >= 0.6 is 0 Å². The van der Waals surface area contributed by atoms with E-state index in [1.54, 1.807) is 24.3 Å². The van der Waals surface area contributed by atoms with Crippen molar-refractivity contribution < 1.29 is 0 Å². The van der Waals surface area contributed by atoms with Gasteiger partial charge in [0.25, 0.3) is 5.56 Å². The van der Waals surface area contributed by atoms with Gasteiger partial charge in [-0.15, -0.1) is 0 Å². The van der Waals surface area contributed by atoms with Crippen LogP contribution in [0.4, 0.5) is 0 Å². The minimum atomic E-state index is -0.0756. The van der Waals surface area contributed by atoms with E-state index in [-0.39, 0.29) is 5.56 Å². The quantitative estimate of drug-likeness (QED) is 0.615. The van der Waals surface area contributed by atoms with Gasteiger partial charge in [0.1, 0.15) is 0 Å². The Hall–Kier alpha value is -2.28. The van der Waals surface area contributed by atoms with Crippen LogP contribution in [-0.2, 0) is 6.54 Å². The van der Waals surface area contributed by atoms with E-state index in [0.717, 1.165) is 0 Å². The molecule has 4 heteroatoms. The molecule has 4 nitrogen and oxygen atoms in total. The first-order valence-corrected chi connectivity index (χ1v) is 4.92. The molecule has 1 aromatic rings. The maximum Gasteiger partial charge on any atom is 0.267 e. The zero-order valence-corrected chi connectivity index (χ0v) is 9.10. The van der Waals surface area contributed by atoms with Crippen molar-refractivity contribution >= 4 is 6.08 Å². The lowest BCUT2D eigenvalue weighted by molar-refractivity contribution is 0.636. The molecule has 0 saturated heterocycles. The fourth-order valence-corrected chi connectivity index (χ4v) is 1.21. The highest BCUT2D eigenvalue weighted by Gasteiger charge is 1.97.